The van der Waals surface area contributed by atoms with E-state index in [-0.39, 0.29) is 10.4 Å². The van der Waals surface area contributed by atoms with Gasteiger partial charge in [0.05, 0.1) is 5.53 Å². The first-order valence-corrected chi connectivity index (χ1v) is 9.54. The summed E-state index contributed by atoms with van der Waals surface area (Å²) in [4.78, 5) is -0.217. The van der Waals surface area contributed by atoms with E-state index < -0.39 is 0 Å². The highest BCUT2D eigenvalue weighted by Crippen LogP contribution is 2.74. The Morgan fingerprint density at radius 2 is 2.18 bits per heavy atom. The number of hydrogen-bond donors (Lipinski definition) is 1. The predicted molar refractivity (Wildman–Crippen MR) is 64.4 cm³/mol. The van der Waals surface area contributed by atoms with Gasteiger partial charge < -0.3 is 0 Å². The Morgan fingerprint density at radius 1 is 1.55 bits per heavy atom. The maximum Gasteiger partial charge on any atom is 0.108 e. The van der Waals surface area contributed by atoms with E-state index >= 15 is 0 Å². The molecule has 0 saturated carbocycles. The van der Waals surface area contributed by atoms with Gasteiger partial charge in [0.15, 0.2) is 0 Å². The van der Waals surface area contributed by atoms with E-state index in [1.54, 1.807) is 0 Å². The molecule has 0 bridgehead atoms. The first-order chi connectivity index (χ1) is 5.09. The molecule has 3 atom stereocenters. The fourth-order valence-electron chi connectivity index (χ4n) is 0.847. The number of rotatable bonds is 2. The zero-order chi connectivity index (χ0) is 8.43. The van der Waals surface area contributed by atoms with Crippen LogP contribution in [0.2, 0.25) is 0 Å². The summed E-state index contributed by atoms with van der Waals surface area (Å²) in [5.41, 5.74) is -0.164. The van der Waals surface area contributed by atoms with Gasteiger partial charge in [-0.1, -0.05) is 6.92 Å². The second-order valence-corrected chi connectivity index (χ2v) is 12.8. The molecule has 0 spiro atoms. The van der Waals surface area contributed by atoms with Crippen LogP contribution in [0, 0.1) is 0 Å². The molecule has 0 N–H and O–H groups in total. The van der Waals surface area contributed by atoms with Crippen LogP contribution in [0.5, 0.6) is 0 Å². The van der Waals surface area contributed by atoms with Crippen molar-refractivity contribution in [2.24, 2.45) is 0 Å². The fourth-order valence-corrected chi connectivity index (χ4v) is 11.6. The van der Waals surface area contributed by atoms with Crippen LogP contribution in [0.3, 0.4) is 0 Å². The Labute approximate surface area is 91.9 Å². The highest BCUT2D eigenvalue weighted by molar-refractivity contribution is 9.10. The van der Waals surface area contributed by atoms with Gasteiger partial charge in [-0.05, 0) is 6.42 Å². The van der Waals surface area contributed by atoms with Crippen molar-refractivity contribution in [2.45, 2.75) is 28.7 Å². The van der Waals surface area contributed by atoms with E-state index in [1.807, 2.05) is 22.8 Å². The van der Waals surface area contributed by atoms with Crippen LogP contribution in [-0.2, 0) is 0 Å². The summed E-state index contributed by atoms with van der Waals surface area (Å²) in [6.45, 7) is 2.22. The van der Waals surface area contributed by atoms with Gasteiger partial charge in [-0.2, -0.15) is 0 Å². The van der Waals surface area contributed by atoms with Gasteiger partial charge in [0.1, 0.15) is 4.84 Å². The van der Waals surface area contributed by atoms with Crippen LogP contribution in [-0.4, -0.2) is 15.3 Å². The number of halogens is 2. The van der Waals surface area contributed by atoms with E-state index in [0.717, 1.165) is 6.42 Å². The molecule has 0 aromatic rings. The third kappa shape index (κ3) is 3.74. The molecule has 1 aliphatic heterocycles. The maximum atomic E-state index is 5.70. The third-order valence-corrected chi connectivity index (χ3v) is 9.98. The van der Waals surface area contributed by atoms with Gasteiger partial charge in [0, 0.05) is 10.5 Å². The van der Waals surface area contributed by atoms with Crippen molar-refractivity contribution in [3.8, 4) is 0 Å². The molecule has 0 radical (unpaired) electrons. The van der Waals surface area contributed by atoms with Crippen molar-refractivity contribution in [3.05, 3.63) is 0 Å². The van der Waals surface area contributed by atoms with Crippen LogP contribution in [0.4, 0.5) is 0 Å². The summed E-state index contributed by atoms with van der Waals surface area (Å²) >= 11 is 19.7. The van der Waals surface area contributed by atoms with Crippen LogP contribution in [0.1, 0.15) is 13.3 Å². The van der Waals surface area contributed by atoms with Gasteiger partial charge in [0.25, 0.3) is 0 Å². The molecule has 1 saturated heterocycles. The summed E-state index contributed by atoms with van der Waals surface area (Å²) in [7, 11) is 0. The fraction of sp³-hybridized carbons (Fsp3) is 1.00. The smallest absolute Gasteiger partial charge is 0.108 e. The van der Waals surface area contributed by atoms with E-state index in [4.69, 9.17) is 23.2 Å². The molecule has 1 heterocycles. The monoisotopic (exact) mass is 266 g/mol. The van der Waals surface area contributed by atoms with E-state index in [2.05, 4.69) is 19.2 Å². The summed E-state index contributed by atoms with van der Waals surface area (Å²) in [6, 6.07) is 0. The topological polar surface area (TPSA) is 0 Å². The molecule has 3 unspecified atom stereocenters. The molecule has 0 aromatic carbocycles. The molecule has 0 aromatic heterocycles. The molecule has 0 amide bonds. The predicted octanol–water partition coefficient (Wildman–Crippen LogP) is 4.57. The molecule has 66 valence electrons. The van der Waals surface area contributed by atoms with Crippen molar-refractivity contribution in [1.82, 2.24) is 0 Å². The molecule has 0 aliphatic carbocycles. The summed E-state index contributed by atoms with van der Waals surface area (Å²) in [5, 5.41) is 1.26. The van der Waals surface area contributed by atoms with Crippen molar-refractivity contribution in [3.63, 3.8) is 0 Å². The molecule has 0 nitrogen and oxygen atoms in total. The minimum absolute atomic E-state index is 0.164. The lowest BCUT2D eigenvalue weighted by atomic mass is 10.2. The lowest BCUT2D eigenvalue weighted by molar-refractivity contribution is 0.800. The number of thiol groups is 1. The first kappa shape index (κ1) is 11.1. The van der Waals surface area contributed by atoms with Gasteiger partial charge in [-0.15, -0.1) is 58.2 Å². The second-order valence-electron chi connectivity index (χ2n) is 2.32. The molecular weight excluding hydrogens is 258 g/mol. The summed E-state index contributed by atoms with van der Waals surface area (Å²) in [6.07, 6.45) is 0.890. The van der Waals surface area contributed by atoms with E-state index in [1.165, 1.54) is 0 Å². The lowest BCUT2D eigenvalue weighted by Gasteiger charge is -2.12. The molecule has 1 rings (SSSR count). The van der Waals surface area contributed by atoms with Gasteiger partial charge in [-0.25, -0.2) is 0 Å². The Balaban J connectivity index is 2.34. The van der Waals surface area contributed by atoms with Crippen LogP contribution >= 0.6 is 63.7 Å². The SMILES string of the molecule is CC1SP(S)SC1CC(Cl)Cl. The van der Waals surface area contributed by atoms with Crippen molar-refractivity contribution in [1.29, 1.82) is 0 Å². The zero-order valence-corrected chi connectivity index (χ0v) is 10.8. The van der Waals surface area contributed by atoms with Crippen LogP contribution < -0.4 is 0 Å². The molecule has 6 heteroatoms. The average molecular weight is 267 g/mol. The Hall–Kier alpha value is 2.06. The summed E-state index contributed by atoms with van der Waals surface area (Å²) < 4.78 is 0. The first-order valence-electron chi connectivity index (χ1n) is 3.20. The van der Waals surface area contributed by atoms with Crippen molar-refractivity contribution in [2.75, 3.05) is 0 Å². The van der Waals surface area contributed by atoms with Gasteiger partial charge in [-0.3, -0.25) is 0 Å². The standard InChI is InChI=1S/C5H9Cl2PS3/c1-3-4(2-5(6)7)11-8(9)10-3/h3-5,9H,2H2,1H3. The molecular formula is C5H9Cl2PS3. The highest BCUT2D eigenvalue weighted by Gasteiger charge is 2.31. The van der Waals surface area contributed by atoms with Gasteiger partial charge in [0.2, 0.25) is 0 Å². The third-order valence-electron chi connectivity index (χ3n) is 1.42. The normalized spacial score (nSPS) is 38.5. The molecule has 1 aliphatic rings. The van der Waals surface area contributed by atoms with E-state index in [0.29, 0.717) is 10.5 Å². The number of hydrogen-bond acceptors (Lipinski definition) is 3. The Kier molecular flexibility index (Phi) is 5.13. The van der Waals surface area contributed by atoms with Crippen molar-refractivity contribution >= 4 is 63.7 Å². The average Bonchev–Trinajstić information content (AvgIpc) is 2.09. The number of alkyl halides is 2. The van der Waals surface area contributed by atoms with Crippen LogP contribution in [0.15, 0.2) is 0 Å². The van der Waals surface area contributed by atoms with Crippen LogP contribution in [0.25, 0.3) is 0 Å². The van der Waals surface area contributed by atoms with Crippen molar-refractivity contribution < 1.29 is 0 Å². The minimum atomic E-state index is -0.217. The maximum absolute atomic E-state index is 5.70. The molecule has 11 heavy (non-hydrogen) atoms. The largest absolute Gasteiger partial charge is 0.130 e. The Morgan fingerprint density at radius 3 is 2.55 bits per heavy atom. The minimum Gasteiger partial charge on any atom is -0.130 e. The summed E-state index contributed by atoms with van der Waals surface area (Å²) in [5.74, 6) is 0. The van der Waals surface area contributed by atoms with E-state index in [9.17, 15) is 0 Å². The quantitative estimate of drug-likeness (QED) is 0.442. The zero-order valence-electron chi connectivity index (χ0n) is 5.91. The second kappa shape index (κ2) is 5.07. The Bertz CT molecular complexity index is 135. The molecule has 1 fully saturated rings. The highest BCUT2D eigenvalue weighted by atomic mass is 35.5. The lowest BCUT2D eigenvalue weighted by Crippen LogP contribution is -2.13. The van der Waals surface area contributed by atoms with Gasteiger partial charge >= 0.3 is 0 Å².